The second kappa shape index (κ2) is 10.7. The third-order valence-electron chi connectivity index (χ3n) is 5.85. The molecule has 0 saturated heterocycles. The summed E-state index contributed by atoms with van der Waals surface area (Å²) in [5.41, 5.74) is 4.38. The van der Waals surface area contributed by atoms with Gasteiger partial charge in [-0.15, -0.1) is 0 Å². The van der Waals surface area contributed by atoms with Gasteiger partial charge in [0.05, 0.1) is 6.26 Å². The zero-order valence-electron chi connectivity index (χ0n) is 18.5. The van der Waals surface area contributed by atoms with Gasteiger partial charge in [-0.05, 0) is 40.8 Å². The largest absolute Gasteiger partial charge is 0.481 e. The third-order valence-corrected chi connectivity index (χ3v) is 5.85. The van der Waals surface area contributed by atoms with Crippen LogP contribution in [-0.2, 0) is 20.7 Å². The number of amides is 2. The molecular weight excluding hydrogens is 436 g/mol. The van der Waals surface area contributed by atoms with E-state index in [4.69, 9.17) is 14.3 Å². The van der Waals surface area contributed by atoms with Gasteiger partial charge in [0.2, 0.25) is 5.91 Å². The standard InChI is InChI=1S/C26H26N2O6/c29-24(30)12-11-23(25(31)27-14-13-17-6-5-15-33-17)28-26(32)34-16-22-20-9-3-1-7-18(20)19-8-2-4-10-21(19)22/h1-10,15,22-23H,11-14,16H2,(H,27,31)(H,28,32)(H,29,30). The Morgan fingerprint density at radius 1 is 0.971 bits per heavy atom. The minimum atomic E-state index is -1.05. The number of rotatable bonds is 10. The molecule has 0 aliphatic heterocycles. The van der Waals surface area contributed by atoms with Crippen LogP contribution in [0.3, 0.4) is 0 Å². The van der Waals surface area contributed by atoms with E-state index in [0.29, 0.717) is 18.7 Å². The summed E-state index contributed by atoms with van der Waals surface area (Å²) in [6, 6.07) is 18.5. The van der Waals surface area contributed by atoms with Crippen molar-refractivity contribution in [3.63, 3.8) is 0 Å². The molecule has 0 fully saturated rings. The van der Waals surface area contributed by atoms with Crippen LogP contribution in [0, 0.1) is 0 Å². The molecule has 1 aliphatic rings. The SMILES string of the molecule is O=C(O)CCC(NC(=O)OCC1c2ccccc2-c2ccccc21)C(=O)NCCc1ccco1. The van der Waals surface area contributed by atoms with E-state index in [1.54, 1.807) is 18.4 Å². The zero-order chi connectivity index (χ0) is 23.9. The maximum Gasteiger partial charge on any atom is 0.407 e. The number of alkyl carbamates (subject to hydrolysis) is 1. The third kappa shape index (κ3) is 5.46. The Bertz CT molecular complexity index is 1110. The number of furan rings is 1. The monoisotopic (exact) mass is 462 g/mol. The van der Waals surface area contributed by atoms with Crippen molar-refractivity contribution in [3.05, 3.63) is 83.8 Å². The minimum Gasteiger partial charge on any atom is -0.481 e. The number of nitrogens with one attached hydrogen (secondary N) is 2. The number of carboxylic acids is 1. The van der Waals surface area contributed by atoms with Crippen molar-refractivity contribution in [1.29, 1.82) is 0 Å². The van der Waals surface area contributed by atoms with E-state index < -0.39 is 24.0 Å². The first kappa shape index (κ1) is 23.1. The van der Waals surface area contributed by atoms with Crippen molar-refractivity contribution in [2.24, 2.45) is 0 Å². The molecule has 176 valence electrons. The van der Waals surface area contributed by atoms with Crippen molar-refractivity contribution in [1.82, 2.24) is 10.6 Å². The Kier molecular flexibility index (Phi) is 7.27. The summed E-state index contributed by atoms with van der Waals surface area (Å²) in [6.45, 7) is 0.397. The lowest BCUT2D eigenvalue weighted by atomic mass is 9.98. The van der Waals surface area contributed by atoms with Crippen LogP contribution in [0.2, 0.25) is 0 Å². The maximum absolute atomic E-state index is 12.6. The Morgan fingerprint density at radius 2 is 1.65 bits per heavy atom. The van der Waals surface area contributed by atoms with Gasteiger partial charge < -0.3 is 24.9 Å². The van der Waals surface area contributed by atoms with Gasteiger partial charge in [-0.3, -0.25) is 9.59 Å². The molecule has 1 heterocycles. The number of carbonyl (C=O) groups is 3. The van der Waals surface area contributed by atoms with Crippen LogP contribution in [0.5, 0.6) is 0 Å². The molecule has 1 aromatic heterocycles. The highest BCUT2D eigenvalue weighted by atomic mass is 16.5. The highest BCUT2D eigenvalue weighted by molar-refractivity contribution is 5.86. The Morgan fingerprint density at radius 3 is 2.26 bits per heavy atom. The van der Waals surface area contributed by atoms with Crippen molar-refractivity contribution in [3.8, 4) is 11.1 Å². The fourth-order valence-corrected chi connectivity index (χ4v) is 4.21. The molecule has 8 nitrogen and oxygen atoms in total. The van der Waals surface area contributed by atoms with Crippen LogP contribution in [0.4, 0.5) is 4.79 Å². The molecule has 8 heteroatoms. The van der Waals surface area contributed by atoms with Crippen molar-refractivity contribution < 1.29 is 28.6 Å². The van der Waals surface area contributed by atoms with Gasteiger partial charge in [-0.1, -0.05) is 48.5 Å². The summed E-state index contributed by atoms with van der Waals surface area (Å²) in [5.74, 6) is -0.923. The van der Waals surface area contributed by atoms with Crippen molar-refractivity contribution in [2.75, 3.05) is 13.2 Å². The number of hydrogen-bond donors (Lipinski definition) is 3. The number of carboxylic acid groups (broad SMARTS) is 1. The Balaban J connectivity index is 1.36. The van der Waals surface area contributed by atoms with Crippen LogP contribution >= 0.6 is 0 Å². The summed E-state index contributed by atoms with van der Waals surface area (Å²) in [6.07, 6.45) is 0.950. The first-order valence-electron chi connectivity index (χ1n) is 11.2. The van der Waals surface area contributed by atoms with Gasteiger partial charge in [0.25, 0.3) is 0 Å². The quantitative estimate of drug-likeness (QED) is 0.423. The summed E-state index contributed by atoms with van der Waals surface area (Å²) in [5, 5.41) is 14.3. The minimum absolute atomic E-state index is 0.0495. The predicted octanol–water partition coefficient (Wildman–Crippen LogP) is 3.71. The first-order valence-corrected chi connectivity index (χ1v) is 11.2. The summed E-state index contributed by atoms with van der Waals surface area (Å²) in [4.78, 5) is 36.2. The fourth-order valence-electron chi connectivity index (χ4n) is 4.21. The number of aliphatic carboxylic acids is 1. The Hall–Kier alpha value is -4.07. The van der Waals surface area contributed by atoms with E-state index in [2.05, 4.69) is 10.6 Å². The van der Waals surface area contributed by atoms with Gasteiger partial charge in [-0.2, -0.15) is 0 Å². The summed E-state index contributed by atoms with van der Waals surface area (Å²) >= 11 is 0. The normalized spacial score (nSPS) is 12.9. The lowest BCUT2D eigenvalue weighted by molar-refractivity contribution is -0.137. The van der Waals surface area contributed by atoms with Crippen LogP contribution < -0.4 is 10.6 Å². The molecule has 3 aromatic rings. The number of benzene rings is 2. The van der Waals surface area contributed by atoms with Gasteiger partial charge in [-0.25, -0.2) is 4.79 Å². The molecule has 2 amide bonds. The second-order valence-corrected chi connectivity index (χ2v) is 8.08. The fraction of sp³-hybridized carbons (Fsp3) is 0.269. The molecule has 0 saturated carbocycles. The van der Waals surface area contributed by atoms with Crippen LogP contribution in [0.15, 0.2) is 71.3 Å². The second-order valence-electron chi connectivity index (χ2n) is 8.08. The molecule has 34 heavy (non-hydrogen) atoms. The van der Waals surface area contributed by atoms with E-state index in [1.807, 2.05) is 48.5 Å². The molecule has 1 unspecified atom stereocenters. The predicted molar refractivity (Wildman–Crippen MR) is 124 cm³/mol. The van der Waals surface area contributed by atoms with Crippen molar-refractivity contribution in [2.45, 2.75) is 31.2 Å². The topological polar surface area (TPSA) is 118 Å². The molecule has 3 N–H and O–H groups in total. The van der Waals surface area contributed by atoms with E-state index in [1.165, 1.54) is 0 Å². The van der Waals surface area contributed by atoms with Gasteiger partial charge in [0, 0.05) is 25.3 Å². The van der Waals surface area contributed by atoms with Crippen LogP contribution in [0.25, 0.3) is 11.1 Å². The molecule has 0 radical (unpaired) electrons. The van der Waals surface area contributed by atoms with Crippen LogP contribution in [-0.4, -0.2) is 42.3 Å². The van der Waals surface area contributed by atoms with E-state index >= 15 is 0 Å². The first-order chi connectivity index (χ1) is 16.5. The molecule has 0 spiro atoms. The molecular formula is C26H26N2O6. The van der Waals surface area contributed by atoms with E-state index in [-0.39, 0.29) is 25.4 Å². The van der Waals surface area contributed by atoms with E-state index in [9.17, 15) is 14.4 Å². The summed E-state index contributed by atoms with van der Waals surface area (Å²) in [7, 11) is 0. The smallest absolute Gasteiger partial charge is 0.407 e. The van der Waals surface area contributed by atoms with Gasteiger partial charge >= 0.3 is 12.1 Å². The van der Waals surface area contributed by atoms with Gasteiger partial charge in [0.15, 0.2) is 0 Å². The van der Waals surface area contributed by atoms with Gasteiger partial charge in [0.1, 0.15) is 18.4 Å². The Labute approximate surface area is 196 Å². The summed E-state index contributed by atoms with van der Waals surface area (Å²) < 4.78 is 10.7. The highest BCUT2D eigenvalue weighted by Crippen LogP contribution is 2.44. The number of ether oxygens (including phenoxy) is 1. The molecule has 0 bridgehead atoms. The number of fused-ring (bicyclic) bond motifs is 3. The molecule has 1 atom stereocenters. The number of carbonyl (C=O) groups excluding carboxylic acids is 2. The maximum atomic E-state index is 12.6. The average Bonchev–Trinajstić information content (AvgIpc) is 3.46. The van der Waals surface area contributed by atoms with E-state index in [0.717, 1.165) is 22.3 Å². The number of hydrogen-bond acceptors (Lipinski definition) is 5. The molecule has 1 aliphatic carbocycles. The van der Waals surface area contributed by atoms with Crippen LogP contribution in [0.1, 0.15) is 35.6 Å². The van der Waals surface area contributed by atoms with Crippen molar-refractivity contribution >= 4 is 18.0 Å². The lowest BCUT2D eigenvalue weighted by Gasteiger charge is -2.19. The lowest BCUT2D eigenvalue weighted by Crippen LogP contribution is -2.47. The highest BCUT2D eigenvalue weighted by Gasteiger charge is 2.30. The molecule has 4 rings (SSSR count). The molecule has 2 aromatic carbocycles. The zero-order valence-corrected chi connectivity index (χ0v) is 18.5. The average molecular weight is 463 g/mol.